The molecule has 206 valence electrons. The molecule has 3 rings (SSSR count). The summed E-state index contributed by atoms with van der Waals surface area (Å²) in [6.45, 7) is 8.00. The summed E-state index contributed by atoms with van der Waals surface area (Å²) in [5.41, 5.74) is -0.994. The van der Waals surface area contributed by atoms with Gasteiger partial charge in [0.2, 0.25) is 0 Å². The van der Waals surface area contributed by atoms with Crippen LogP contribution >= 0.6 is 0 Å². The summed E-state index contributed by atoms with van der Waals surface area (Å²) >= 11 is 0. The van der Waals surface area contributed by atoms with Gasteiger partial charge >= 0.3 is 18.0 Å². The molecule has 0 heterocycles. The molecule has 0 saturated heterocycles. The fourth-order valence-electron chi connectivity index (χ4n) is 4.24. The lowest BCUT2D eigenvalue weighted by Crippen LogP contribution is -2.46. The maximum Gasteiger partial charge on any atom is 0.408 e. The van der Waals surface area contributed by atoms with Crippen molar-refractivity contribution >= 4 is 18.0 Å². The number of alkyl carbamates (subject to hydrolysis) is 1. The lowest BCUT2D eigenvalue weighted by molar-refractivity contribution is -0.161. The zero-order valence-electron chi connectivity index (χ0n) is 22.6. The molecule has 3 N–H and O–H groups in total. The second-order valence-electron chi connectivity index (χ2n) is 10.4. The minimum absolute atomic E-state index is 0.0236. The van der Waals surface area contributed by atoms with Gasteiger partial charge in [0, 0.05) is 19.8 Å². The summed E-state index contributed by atoms with van der Waals surface area (Å²) in [4.78, 5) is 37.6. The summed E-state index contributed by atoms with van der Waals surface area (Å²) in [5.74, 6) is 9.49. The van der Waals surface area contributed by atoms with E-state index in [0.29, 0.717) is 16.7 Å². The molecular formula is C30H33NO8. The predicted molar refractivity (Wildman–Crippen MR) is 142 cm³/mol. The maximum absolute atomic E-state index is 13.3. The molecule has 0 radical (unpaired) electrons. The molecule has 2 bridgehead atoms. The number of fused-ring (bicyclic) bond motifs is 2. The number of hydrogen-bond donors (Lipinski definition) is 3. The van der Waals surface area contributed by atoms with Gasteiger partial charge in [-0.15, -0.1) is 0 Å². The van der Waals surface area contributed by atoms with Crippen LogP contribution in [-0.4, -0.2) is 57.8 Å². The van der Waals surface area contributed by atoms with Gasteiger partial charge in [0.05, 0.1) is 6.04 Å². The second kappa shape index (κ2) is 12.2. The molecule has 0 spiro atoms. The van der Waals surface area contributed by atoms with Crippen molar-refractivity contribution in [2.24, 2.45) is 0 Å². The Morgan fingerprint density at radius 3 is 2.41 bits per heavy atom. The van der Waals surface area contributed by atoms with Crippen LogP contribution in [0.2, 0.25) is 0 Å². The Hall–Kier alpha value is -4.05. The topological polar surface area (TPSA) is 131 Å². The van der Waals surface area contributed by atoms with Gasteiger partial charge in [-0.3, -0.25) is 4.79 Å². The highest BCUT2D eigenvalue weighted by molar-refractivity contribution is 5.78. The van der Waals surface area contributed by atoms with Gasteiger partial charge in [-0.05, 0) is 62.5 Å². The lowest BCUT2D eigenvalue weighted by atomic mass is 9.77. The number of hydrogen-bond acceptors (Lipinski definition) is 8. The first-order valence-corrected chi connectivity index (χ1v) is 12.5. The van der Waals surface area contributed by atoms with E-state index >= 15 is 0 Å². The molecule has 0 aliphatic heterocycles. The van der Waals surface area contributed by atoms with Crippen LogP contribution in [0.3, 0.4) is 0 Å². The number of allylic oxidation sites excluding steroid dienone is 2. The molecule has 0 unspecified atom stereocenters. The van der Waals surface area contributed by atoms with Crippen LogP contribution in [0.1, 0.15) is 59.1 Å². The Kier molecular flexibility index (Phi) is 9.24. The highest BCUT2D eigenvalue weighted by Gasteiger charge is 2.42. The predicted octanol–water partition coefficient (Wildman–Crippen LogP) is 2.87. The largest absolute Gasteiger partial charge is 0.456 e. The van der Waals surface area contributed by atoms with Gasteiger partial charge < -0.3 is 29.7 Å². The third-order valence-electron chi connectivity index (χ3n) is 6.01. The first-order valence-electron chi connectivity index (χ1n) is 12.5. The number of esters is 2. The molecule has 1 amide bonds. The highest BCUT2D eigenvalue weighted by atomic mass is 16.6. The van der Waals surface area contributed by atoms with E-state index in [4.69, 9.17) is 14.2 Å². The Morgan fingerprint density at radius 2 is 1.77 bits per heavy atom. The number of aliphatic hydroxyl groups is 2. The standard InChI is InChI=1S/C30H33NO8/c1-19-22-17-30(36,16-12-7-6-11-15-23(22)37-20(2)32)18-24(19)38-27(34)26(33)25(21-13-9-8-10-14-21)31-28(35)39-29(3,4)5/h6-10,13-14,23-26,33,36H,17-18H2,1-5H3,(H,31,35)/b7-6-/t23-,24-,25-,26+,30+/m0/s1. The van der Waals surface area contributed by atoms with Crippen LogP contribution in [0.15, 0.2) is 53.6 Å². The number of carbonyl (C=O) groups excluding carboxylic acids is 3. The maximum atomic E-state index is 13.3. The number of ether oxygens (including phenoxy) is 3. The van der Waals surface area contributed by atoms with E-state index in [9.17, 15) is 24.6 Å². The van der Waals surface area contributed by atoms with Crippen molar-refractivity contribution in [3.63, 3.8) is 0 Å². The summed E-state index contributed by atoms with van der Waals surface area (Å²) < 4.78 is 16.4. The fourth-order valence-corrected chi connectivity index (χ4v) is 4.24. The number of benzene rings is 1. The minimum Gasteiger partial charge on any atom is -0.456 e. The van der Waals surface area contributed by atoms with E-state index in [2.05, 4.69) is 29.0 Å². The smallest absolute Gasteiger partial charge is 0.408 e. The fraction of sp³-hybridized carbons (Fsp3) is 0.433. The zero-order chi connectivity index (χ0) is 28.8. The van der Waals surface area contributed by atoms with Crippen LogP contribution in [0.4, 0.5) is 4.79 Å². The Labute approximate surface area is 228 Å². The summed E-state index contributed by atoms with van der Waals surface area (Å²) in [6, 6.07) is 7.26. The van der Waals surface area contributed by atoms with Gasteiger partial charge in [0.1, 0.15) is 17.3 Å². The van der Waals surface area contributed by atoms with Gasteiger partial charge in [0.25, 0.3) is 0 Å². The third-order valence-corrected chi connectivity index (χ3v) is 6.01. The van der Waals surface area contributed by atoms with Crippen LogP contribution in [0, 0.1) is 23.7 Å². The average molecular weight is 536 g/mol. The summed E-state index contributed by atoms with van der Waals surface area (Å²) in [6.07, 6.45) is -1.76. The van der Waals surface area contributed by atoms with Gasteiger partial charge in [-0.1, -0.05) is 48.1 Å². The minimum atomic E-state index is -1.82. The van der Waals surface area contributed by atoms with Crippen molar-refractivity contribution in [2.45, 2.75) is 83.0 Å². The first kappa shape index (κ1) is 29.5. The molecule has 2 aliphatic carbocycles. The highest BCUT2D eigenvalue weighted by Crippen LogP contribution is 2.37. The van der Waals surface area contributed by atoms with E-state index in [1.807, 2.05) is 0 Å². The SMILES string of the molecule is CC(=O)O[C@H]1C#C/C=C\C#C[C@@]2(O)CC1=C(C)[C@@H](OC(=O)[C@H](O)[C@@H](NC(=O)OC(C)(C)C)c1ccccc1)C2. The van der Waals surface area contributed by atoms with Crippen LogP contribution < -0.4 is 5.32 Å². The molecule has 2 aliphatic rings. The molecule has 1 aromatic carbocycles. The van der Waals surface area contributed by atoms with Crippen molar-refractivity contribution in [3.8, 4) is 23.7 Å². The molecule has 5 atom stereocenters. The van der Waals surface area contributed by atoms with Crippen molar-refractivity contribution in [1.29, 1.82) is 0 Å². The molecular weight excluding hydrogens is 502 g/mol. The van der Waals surface area contributed by atoms with Gasteiger partial charge in [0.15, 0.2) is 12.2 Å². The van der Waals surface area contributed by atoms with Crippen molar-refractivity contribution < 1.29 is 38.8 Å². The van der Waals surface area contributed by atoms with Crippen LogP contribution in [0.5, 0.6) is 0 Å². The van der Waals surface area contributed by atoms with Crippen molar-refractivity contribution in [1.82, 2.24) is 5.32 Å². The second-order valence-corrected chi connectivity index (χ2v) is 10.4. The quantitative estimate of drug-likeness (QED) is 0.219. The van der Waals surface area contributed by atoms with E-state index in [1.165, 1.54) is 19.1 Å². The molecule has 9 heteroatoms. The number of nitrogens with one attached hydrogen (secondary N) is 1. The van der Waals surface area contributed by atoms with Gasteiger partial charge in [-0.25, -0.2) is 9.59 Å². The Balaban J connectivity index is 1.92. The van der Waals surface area contributed by atoms with E-state index in [1.54, 1.807) is 58.0 Å². The summed E-state index contributed by atoms with van der Waals surface area (Å²) in [7, 11) is 0. The Morgan fingerprint density at radius 1 is 1.10 bits per heavy atom. The number of amides is 1. The zero-order valence-corrected chi connectivity index (χ0v) is 22.6. The Bertz CT molecular complexity index is 1290. The number of rotatable bonds is 6. The molecule has 0 aromatic heterocycles. The molecule has 1 aromatic rings. The third kappa shape index (κ3) is 8.22. The number of aliphatic hydroxyl groups excluding tert-OH is 1. The van der Waals surface area contributed by atoms with Gasteiger partial charge in [-0.2, -0.15) is 0 Å². The summed E-state index contributed by atoms with van der Waals surface area (Å²) in [5, 5.41) is 24.9. The molecule has 0 saturated carbocycles. The van der Waals surface area contributed by atoms with Crippen LogP contribution in [-0.2, 0) is 23.8 Å². The lowest BCUT2D eigenvalue weighted by Gasteiger charge is -2.37. The molecule has 9 nitrogen and oxygen atoms in total. The monoisotopic (exact) mass is 535 g/mol. The molecule has 39 heavy (non-hydrogen) atoms. The van der Waals surface area contributed by atoms with Crippen molar-refractivity contribution in [2.75, 3.05) is 0 Å². The first-order chi connectivity index (χ1) is 18.3. The molecule has 0 fully saturated rings. The van der Waals surface area contributed by atoms with E-state index < -0.39 is 53.6 Å². The average Bonchev–Trinajstić information content (AvgIpc) is 2.84. The number of carbonyl (C=O) groups is 3. The van der Waals surface area contributed by atoms with Crippen molar-refractivity contribution in [3.05, 3.63) is 59.2 Å². The van der Waals surface area contributed by atoms with Crippen LogP contribution in [0.25, 0.3) is 0 Å². The van der Waals surface area contributed by atoms with E-state index in [-0.39, 0.29) is 12.8 Å². The normalized spacial score (nSPS) is 24.4. The van der Waals surface area contributed by atoms with E-state index in [0.717, 1.165) is 0 Å².